The van der Waals surface area contributed by atoms with E-state index in [1.807, 2.05) is 23.6 Å². The maximum atomic E-state index is 9.90. The summed E-state index contributed by atoms with van der Waals surface area (Å²) in [6, 6.07) is 4.19. The van der Waals surface area contributed by atoms with E-state index >= 15 is 0 Å². The lowest BCUT2D eigenvalue weighted by atomic mass is 10.2. The fourth-order valence-corrected chi connectivity index (χ4v) is 3.76. The molecule has 0 amide bonds. The van der Waals surface area contributed by atoms with Crippen LogP contribution in [0, 0.1) is 0 Å². The van der Waals surface area contributed by atoms with Crippen molar-refractivity contribution < 1.29 is 5.11 Å². The van der Waals surface area contributed by atoms with Gasteiger partial charge in [0.1, 0.15) is 0 Å². The molecule has 1 atom stereocenters. The quantitative estimate of drug-likeness (QED) is 0.843. The summed E-state index contributed by atoms with van der Waals surface area (Å²) in [5.41, 5.74) is 1.54. The second-order valence-corrected chi connectivity index (χ2v) is 6.25. The van der Waals surface area contributed by atoms with Gasteiger partial charge < -0.3 is 10.4 Å². The topological polar surface area (TPSA) is 50.1 Å². The molecule has 1 aliphatic carbocycles. The average Bonchev–Trinajstić information content (AvgIpc) is 3.04. The van der Waals surface area contributed by atoms with Crippen molar-refractivity contribution in [3.8, 4) is 0 Å². The number of aromatic nitrogens is 2. The molecular formula is C14H19N3OS. The molecule has 0 saturated carbocycles. The first-order chi connectivity index (χ1) is 9.31. The number of nitrogens with one attached hydrogen (secondary N) is 1. The summed E-state index contributed by atoms with van der Waals surface area (Å²) < 4.78 is 1.76. The number of thiophene rings is 1. The predicted octanol–water partition coefficient (Wildman–Crippen LogP) is 1.58. The van der Waals surface area contributed by atoms with Crippen molar-refractivity contribution in [3.05, 3.63) is 39.8 Å². The third-order valence-corrected chi connectivity index (χ3v) is 4.67. The van der Waals surface area contributed by atoms with Crippen molar-refractivity contribution in [3.63, 3.8) is 0 Å². The first-order valence-corrected chi connectivity index (χ1v) is 7.59. The largest absolute Gasteiger partial charge is 0.390 e. The van der Waals surface area contributed by atoms with E-state index < -0.39 is 6.10 Å². The fourth-order valence-electron chi connectivity index (χ4n) is 2.53. The zero-order chi connectivity index (χ0) is 13.1. The number of aliphatic hydroxyl groups is 1. The van der Waals surface area contributed by atoms with Crippen LogP contribution in [0.15, 0.2) is 24.5 Å². The molecule has 5 heteroatoms. The summed E-state index contributed by atoms with van der Waals surface area (Å²) in [6.45, 7) is 2.00. The van der Waals surface area contributed by atoms with Crippen LogP contribution < -0.4 is 5.32 Å². The molecule has 19 heavy (non-hydrogen) atoms. The number of fused-ring (bicyclic) bond motifs is 1. The zero-order valence-corrected chi connectivity index (χ0v) is 11.7. The van der Waals surface area contributed by atoms with Crippen LogP contribution >= 0.6 is 11.3 Å². The van der Waals surface area contributed by atoms with E-state index in [1.54, 1.807) is 21.3 Å². The second-order valence-electron chi connectivity index (χ2n) is 5.03. The van der Waals surface area contributed by atoms with E-state index in [1.165, 1.54) is 24.1 Å². The molecule has 0 saturated heterocycles. The summed E-state index contributed by atoms with van der Waals surface area (Å²) in [7, 11) is 0. The minimum atomic E-state index is -0.397. The number of hydrogen-bond donors (Lipinski definition) is 2. The van der Waals surface area contributed by atoms with Crippen LogP contribution in [-0.4, -0.2) is 27.5 Å². The van der Waals surface area contributed by atoms with Gasteiger partial charge in [-0.2, -0.15) is 5.10 Å². The summed E-state index contributed by atoms with van der Waals surface area (Å²) in [4.78, 5) is 2.95. The number of nitrogens with zero attached hydrogens (tertiary/aromatic N) is 2. The van der Waals surface area contributed by atoms with Gasteiger partial charge in [-0.25, -0.2) is 0 Å². The normalized spacial score (nSPS) is 15.6. The van der Waals surface area contributed by atoms with E-state index in [4.69, 9.17) is 0 Å². The smallest absolute Gasteiger partial charge is 0.0860 e. The Morgan fingerprint density at radius 3 is 3.21 bits per heavy atom. The van der Waals surface area contributed by atoms with Crippen LogP contribution in [0.25, 0.3) is 0 Å². The summed E-state index contributed by atoms with van der Waals surface area (Å²) in [5.74, 6) is 0. The fraction of sp³-hybridized carbons (Fsp3) is 0.500. The molecule has 0 radical (unpaired) electrons. The minimum absolute atomic E-state index is 0.397. The van der Waals surface area contributed by atoms with Gasteiger partial charge in [-0.05, 0) is 37.0 Å². The summed E-state index contributed by atoms with van der Waals surface area (Å²) in [5, 5.41) is 17.3. The molecule has 1 unspecified atom stereocenters. The molecule has 2 aromatic rings. The molecule has 2 N–H and O–H groups in total. The number of hydrogen-bond acceptors (Lipinski definition) is 4. The Hall–Kier alpha value is -1.17. The van der Waals surface area contributed by atoms with E-state index in [-0.39, 0.29) is 0 Å². The van der Waals surface area contributed by atoms with Crippen molar-refractivity contribution in [2.75, 3.05) is 6.54 Å². The summed E-state index contributed by atoms with van der Waals surface area (Å²) >= 11 is 1.92. The summed E-state index contributed by atoms with van der Waals surface area (Å²) in [6.07, 6.45) is 7.01. The monoisotopic (exact) mass is 277 g/mol. The highest BCUT2D eigenvalue weighted by Gasteiger charge is 2.14. The minimum Gasteiger partial charge on any atom is -0.390 e. The van der Waals surface area contributed by atoms with Gasteiger partial charge >= 0.3 is 0 Å². The molecule has 3 rings (SSSR count). The van der Waals surface area contributed by atoms with Crippen LogP contribution in [0.5, 0.6) is 0 Å². The maximum Gasteiger partial charge on any atom is 0.0860 e. The van der Waals surface area contributed by atoms with Crippen molar-refractivity contribution in [1.29, 1.82) is 0 Å². The Balaban J connectivity index is 1.42. The van der Waals surface area contributed by atoms with Crippen molar-refractivity contribution >= 4 is 11.3 Å². The van der Waals surface area contributed by atoms with Gasteiger partial charge in [-0.15, -0.1) is 11.3 Å². The number of aliphatic hydroxyl groups excluding tert-OH is 1. The predicted molar refractivity (Wildman–Crippen MR) is 76.3 cm³/mol. The van der Waals surface area contributed by atoms with Crippen LogP contribution in [0.2, 0.25) is 0 Å². The molecule has 0 bridgehead atoms. The van der Waals surface area contributed by atoms with E-state index in [9.17, 15) is 5.11 Å². The third kappa shape index (κ3) is 3.23. The molecular weight excluding hydrogens is 258 g/mol. The molecule has 0 aromatic carbocycles. The van der Waals surface area contributed by atoms with Crippen LogP contribution in [0.1, 0.15) is 21.7 Å². The molecule has 4 nitrogen and oxygen atoms in total. The van der Waals surface area contributed by atoms with Crippen LogP contribution in [-0.2, 0) is 25.9 Å². The average molecular weight is 277 g/mol. The Bertz CT molecular complexity index is 499. The van der Waals surface area contributed by atoms with Crippen LogP contribution in [0.3, 0.4) is 0 Å². The molecule has 0 fully saturated rings. The number of rotatable bonds is 6. The van der Waals surface area contributed by atoms with Gasteiger partial charge in [0.2, 0.25) is 0 Å². The van der Waals surface area contributed by atoms with Gasteiger partial charge in [0.15, 0.2) is 0 Å². The van der Waals surface area contributed by atoms with Gasteiger partial charge in [-0.1, -0.05) is 0 Å². The lowest BCUT2D eigenvalue weighted by Crippen LogP contribution is -2.29. The third-order valence-electron chi connectivity index (χ3n) is 3.43. The Kier molecular flexibility index (Phi) is 3.96. The lowest BCUT2D eigenvalue weighted by Gasteiger charge is -2.11. The van der Waals surface area contributed by atoms with Gasteiger partial charge in [0, 0.05) is 35.2 Å². The SMILES string of the molecule is OC(CNCc1cc2c(s1)CCC2)Cn1cccn1. The molecule has 2 aromatic heterocycles. The Morgan fingerprint density at radius 1 is 1.47 bits per heavy atom. The first kappa shape index (κ1) is 12.8. The highest BCUT2D eigenvalue weighted by Crippen LogP contribution is 2.30. The molecule has 2 heterocycles. The Morgan fingerprint density at radius 2 is 2.42 bits per heavy atom. The van der Waals surface area contributed by atoms with Crippen LogP contribution in [0.4, 0.5) is 0 Å². The van der Waals surface area contributed by atoms with Gasteiger partial charge in [0.05, 0.1) is 12.6 Å². The standard InChI is InChI=1S/C14H19N3OS/c18-12(10-17-6-2-5-16-17)8-15-9-13-7-11-3-1-4-14(11)19-13/h2,5-7,12,15,18H,1,3-4,8-10H2. The number of aryl methyl sites for hydroxylation is 2. The van der Waals surface area contributed by atoms with E-state index in [2.05, 4.69) is 16.5 Å². The molecule has 0 aliphatic heterocycles. The zero-order valence-electron chi connectivity index (χ0n) is 10.9. The van der Waals surface area contributed by atoms with Crippen molar-refractivity contribution in [1.82, 2.24) is 15.1 Å². The van der Waals surface area contributed by atoms with Crippen molar-refractivity contribution in [2.24, 2.45) is 0 Å². The lowest BCUT2D eigenvalue weighted by molar-refractivity contribution is 0.146. The maximum absolute atomic E-state index is 9.90. The molecule has 1 aliphatic rings. The van der Waals surface area contributed by atoms with Gasteiger partial charge in [0.25, 0.3) is 0 Å². The highest BCUT2D eigenvalue weighted by atomic mass is 32.1. The highest BCUT2D eigenvalue weighted by molar-refractivity contribution is 7.12. The van der Waals surface area contributed by atoms with E-state index in [0.29, 0.717) is 13.1 Å². The van der Waals surface area contributed by atoms with E-state index in [0.717, 1.165) is 6.54 Å². The Labute approximate surface area is 117 Å². The van der Waals surface area contributed by atoms with Crippen molar-refractivity contribution in [2.45, 2.75) is 38.5 Å². The second kappa shape index (κ2) is 5.86. The molecule has 0 spiro atoms. The molecule has 102 valence electrons. The first-order valence-electron chi connectivity index (χ1n) is 6.78. The van der Waals surface area contributed by atoms with Gasteiger partial charge in [-0.3, -0.25) is 4.68 Å².